The predicted molar refractivity (Wildman–Crippen MR) is 70.3 cm³/mol. The molecular weight excluding hydrogens is 228 g/mol. The van der Waals surface area contributed by atoms with Gasteiger partial charge in [-0.3, -0.25) is 4.99 Å². The van der Waals surface area contributed by atoms with Gasteiger partial charge in [0.25, 0.3) is 0 Å². The zero-order valence-electron chi connectivity index (χ0n) is 10.8. The minimum atomic E-state index is -0.0682. The van der Waals surface area contributed by atoms with E-state index in [1.807, 2.05) is 12.1 Å². The molecule has 2 atom stereocenters. The first-order chi connectivity index (χ1) is 8.79. The Bertz CT molecular complexity index is 485. The van der Waals surface area contributed by atoms with Crippen LogP contribution in [0.15, 0.2) is 23.2 Å². The summed E-state index contributed by atoms with van der Waals surface area (Å²) in [5.74, 6) is 1.90. The number of ether oxygens (including phenoxy) is 2. The fourth-order valence-corrected chi connectivity index (χ4v) is 2.68. The van der Waals surface area contributed by atoms with E-state index >= 15 is 0 Å². The molecular formula is C14H18N2O2. The number of aliphatic imine (C=N–C) groups is 1. The minimum Gasteiger partial charge on any atom is -0.496 e. The second kappa shape index (κ2) is 4.61. The first kappa shape index (κ1) is 11.5. The van der Waals surface area contributed by atoms with Crippen molar-refractivity contribution in [2.45, 2.75) is 25.6 Å². The fraction of sp³-hybridized carbons (Fsp3) is 0.500. The fourth-order valence-electron chi connectivity index (χ4n) is 2.68. The van der Waals surface area contributed by atoms with Gasteiger partial charge in [-0.2, -0.15) is 0 Å². The number of benzene rings is 1. The molecule has 0 amide bonds. The molecule has 96 valence electrons. The van der Waals surface area contributed by atoms with Crippen LogP contribution in [0.1, 0.15) is 24.2 Å². The van der Waals surface area contributed by atoms with Crippen molar-refractivity contribution >= 4 is 5.84 Å². The van der Waals surface area contributed by atoms with Crippen LogP contribution in [0.4, 0.5) is 0 Å². The van der Waals surface area contributed by atoms with E-state index in [0.717, 1.165) is 31.1 Å². The van der Waals surface area contributed by atoms with Crippen molar-refractivity contribution in [1.82, 2.24) is 5.32 Å². The van der Waals surface area contributed by atoms with E-state index in [1.54, 1.807) is 7.11 Å². The van der Waals surface area contributed by atoms with E-state index in [0.29, 0.717) is 0 Å². The summed E-state index contributed by atoms with van der Waals surface area (Å²) in [7, 11) is 1.72. The van der Waals surface area contributed by atoms with Gasteiger partial charge in [0.05, 0.1) is 19.8 Å². The number of methoxy groups -OCH3 is 1. The van der Waals surface area contributed by atoms with Crippen molar-refractivity contribution in [2.24, 2.45) is 4.99 Å². The van der Waals surface area contributed by atoms with Crippen LogP contribution in [0.5, 0.6) is 5.75 Å². The van der Waals surface area contributed by atoms with E-state index in [-0.39, 0.29) is 12.2 Å². The highest BCUT2D eigenvalue weighted by Gasteiger charge is 2.31. The first-order valence-corrected chi connectivity index (χ1v) is 6.39. The molecule has 18 heavy (non-hydrogen) atoms. The maximum atomic E-state index is 6.05. The van der Waals surface area contributed by atoms with E-state index < -0.39 is 0 Å². The Morgan fingerprint density at radius 2 is 2.33 bits per heavy atom. The van der Waals surface area contributed by atoms with E-state index in [1.165, 1.54) is 11.1 Å². The molecule has 0 spiro atoms. The Labute approximate surface area is 107 Å². The lowest BCUT2D eigenvalue weighted by Gasteiger charge is -2.31. The van der Waals surface area contributed by atoms with Gasteiger partial charge < -0.3 is 14.8 Å². The number of rotatable bonds is 2. The lowest BCUT2D eigenvalue weighted by atomic mass is 9.93. The lowest BCUT2D eigenvalue weighted by Crippen LogP contribution is -2.34. The van der Waals surface area contributed by atoms with Crippen molar-refractivity contribution < 1.29 is 9.47 Å². The number of hydrogen-bond acceptors (Lipinski definition) is 4. The smallest absolute Gasteiger partial charge is 0.140 e. The quantitative estimate of drug-likeness (QED) is 0.863. The molecule has 0 saturated carbocycles. The van der Waals surface area contributed by atoms with Crippen LogP contribution in [-0.2, 0) is 11.2 Å². The molecule has 1 aromatic rings. The summed E-state index contributed by atoms with van der Waals surface area (Å²) in [5, 5.41) is 3.31. The number of hydrogen-bond donors (Lipinski definition) is 1. The van der Waals surface area contributed by atoms with Crippen molar-refractivity contribution in [3.63, 3.8) is 0 Å². The summed E-state index contributed by atoms with van der Waals surface area (Å²) in [5.41, 5.74) is 2.43. The van der Waals surface area contributed by atoms with Gasteiger partial charge in [0.15, 0.2) is 0 Å². The summed E-state index contributed by atoms with van der Waals surface area (Å²) in [6, 6.07) is 6.13. The van der Waals surface area contributed by atoms with E-state index in [9.17, 15) is 0 Å². The Balaban J connectivity index is 2.04. The molecule has 4 heteroatoms. The van der Waals surface area contributed by atoms with Gasteiger partial charge in [0, 0.05) is 18.5 Å². The van der Waals surface area contributed by atoms with Crippen molar-refractivity contribution in [3.05, 3.63) is 29.3 Å². The average Bonchev–Trinajstić information content (AvgIpc) is 2.90. The van der Waals surface area contributed by atoms with Gasteiger partial charge in [0.2, 0.25) is 0 Å². The molecule has 0 radical (unpaired) electrons. The van der Waals surface area contributed by atoms with Crippen molar-refractivity contribution in [1.29, 1.82) is 0 Å². The van der Waals surface area contributed by atoms with Gasteiger partial charge >= 0.3 is 0 Å². The lowest BCUT2D eigenvalue weighted by molar-refractivity contribution is 0.0201. The summed E-state index contributed by atoms with van der Waals surface area (Å²) in [6.45, 7) is 3.84. The van der Waals surface area contributed by atoms with Crippen molar-refractivity contribution in [3.8, 4) is 5.75 Å². The molecule has 2 aliphatic heterocycles. The largest absolute Gasteiger partial charge is 0.496 e. The number of amidine groups is 1. The van der Waals surface area contributed by atoms with Gasteiger partial charge in [-0.1, -0.05) is 12.1 Å². The number of nitrogens with one attached hydrogen (secondary N) is 1. The maximum Gasteiger partial charge on any atom is 0.140 e. The third kappa shape index (κ3) is 1.86. The van der Waals surface area contributed by atoms with Crippen LogP contribution < -0.4 is 10.1 Å². The second-order valence-electron chi connectivity index (χ2n) is 4.75. The minimum absolute atomic E-state index is 0.0682. The third-order valence-electron chi connectivity index (χ3n) is 3.48. The van der Waals surface area contributed by atoms with Gasteiger partial charge in [-0.15, -0.1) is 0 Å². The molecule has 1 unspecified atom stereocenters. The van der Waals surface area contributed by atoms with E-state index in [4.69, 9.17) is 9.47 Å². The molecule has 2 aliphatic rings. The summed E-state index contributed by atoms with van der Waals surface area (Å²) >= 11 is 0. The van der Waals surface area contributed by atoms with Crippen LogP contribution >= 0.6 is 0 Å². The summed E-state index contributed by atoms with van der Waals surface area (Å²) < 4.78 is 11.5. The normalized spacial score (nSPS) is 26.2. The Hall–Kier alpha value is -1.55. The van der Waals surface area contributed by atoms with Crippen LogP contribution in [0, 0.1) is 0 Å². The highest BCUT2D eigenvalue weighted by atomic mass is 16.5. The molecule has 0 aromatic heterocycles. The third-order valence-corrected chi connectivity index (χ3v) is 3.48. The van der Waals surface area contributed by atoms with E-state index in [2.05, 4.69) is 23.3 Å². The average molecular weight is 246 g/mol. The molecule has 0 bridgehead atoms. The highest BCUT2D eigenvalue weighted by Crippen LogP contribution is 2.36. The SMILES string of the molecule is COc1cccc2c1C[C@@H](C)OC2C1=NCCN1. The zero-order valence-corrected chi connectivity index (χ0v) is 10.8. The van der Waals surface area contributed by atoms with Crippen LogP contribution in [0.3, 0.4) is 0 Å². The first-order valence-electron chi connectivity index (χ1n) is 6.39. The highest BCUT2D eigenvalue weighted by molar-refractivity contribution is 5.89. The maximum absolute atomic E-state index is 6.05. The Kier molecular flexibility index (Phi) is 2.96. The van der Waals surface area contributed by atoms with Gasteiger partial charge in [0.1, 0.15) is 17.7 Å². The number of nitrogens with zero attached hydrogens (tertiary/aromatic N) is 1. The molecule has 1 N–H and O–H groups in total. The molecule has 0 fully saturated rings. The van der Waals surface area contributed by atoms with Crippen molar-refractivity contribution in [2.75, 3.05) is 20.2 Å². The molecule has 2 heterocycles. The molecule has 3 rings (SSSR count). The van der Waals surface area contributed by atoms with Crippen LogP contribution in [-0.4, -0.2) is 32.1 Å². The molecule has 1 aromatic carbocycles. The predicted octanol–water partition coefficient (Wildman–Crippen LogP) is 1.70. The zero-order chi connectivity index (χ0) is 12.5. The molecule has 0 saturated heterocycles. The summed E-state index contributed by atoms with van der Waals surface area (Å²) in [4.78, 5) is 4.49. The van der Waals surface area contributed by atoms with Crippen LogP contribution in [0.2, 0.25) is 0 Å². The Morgan fingerprint density at radius 3 is 3.06 bits per heavy atom. The molecule has 4 nitrogen and oxygen atoms in total. The topological polar surface area (TPSA) is 42.9 Å². The van der Waals surface area contributed by atoms with Gasteiger partial charge in [-0.25, -0.2) is 0 Å². The standard InChI is InChI=1S/C14H18N2O2/c1-9-8-11-10(4-3-5-12(11)17-2)13(18-9)14-15-6-7-16-14/h3-5,9,13H,6-8H2,1-2H3,(H,15,16)/t9-,13?/m1/s1. The monoisotopic (exact) mass is 246 g/mol. The van der Waals surface area contributed by atoms with Gasteiger partial charge in [-0.05, 0) is 18.6 Å². The number of fused-ring (bicyclic) bond motifs is 1. The Morgan fingerprint density at radius 1 is 1.44 bits per heavy atom. The molecule has 0 aliphatic carbocycles. The van der Waals surface area contributed by atoms with Crippen LogP contribution in [0.25, 0.3) is 0 Å². The summed E-state index contributed by atoms with van der Waals surface area (Å²) in [6.07, 6.45) is 1.01. The second-order valence-corrected chi connectivity index (χ2v) is 4.75.